The molecule has 3 heterocycles. The van der Waals surface area contributed by atoms with E-state index >= 15 is 0 Å². The molecule has 4 nitrogen and oxygen atoms in total. The maximum Gasteiger partial charge on any atom is 0.294 e. The first-order chi connectivity index (χ1) is 15.5. The number of aromatic nitrogens is 4. The van der Waals surface area contributed by atoms with Gasteiger partial charge in [0.2, 0.25) is 0 Å². The van der Waals surface area contributed by atoms with Crippen LogP contribution in [-0.4, -0.2) is 14.1 Å². The van der Waals surface area contributed by atoms with Gasteiger partial charge in [-0.25, -0.2) is 9.55 Å². The average Bonchev–Trinajstić information content (AvgIpc) is 3.40. The van der Waals surface area contributed by atoms with Crippen LogP contribution in [0, 0.1) is 6.92 Å². The minimum atomic E-state index is -0.810. The van der Waals surface area contributed by atoms with Crippen LogP contribution >= 0.6 is 0 Å². The molecule has 0 atom stereocenters. The standard InChI is InChI=1S/C27H31N4/c1-17(2)21-8-7-9-22(18(3)4)26(21)31-13-12-29(6)27(31)23-16-24-20(14-19(23)5)15-25-28-10-11-30(24)25/h7-14,16-18H,15H2,1-6H3/q+1/i17D,18D. The molecule has 0 spiro atoms. The van der Waals surface area contributed by atoms with E-state index in [0.717, 1.165) is 40.4 Å². The van der Waals surface area contributed by atoms with Crippen LogP contribution in [0.2, 0.25) is 0 Å². The Hall–Kier alpha value is -3.14. The van der Waals surface area contributed by atoms with Crippen molar-refractivity contribution in [3.8, 4) is 22.8 Å². The van der Waals surface area contributed by atoms with Gasteiger partial charge in [-0.3, -0.25) is 0 Å². The number of hydrogen-bond donors (Lipinski definition) is 0. The molecule has 0 amide bonds. The van der Waals surface area contributed by atoms with Gasteiger partial charge in [0.25, 0.3) is 5.82 Å². The van der Waals surface area contributed by atoms with Gasteiger partial charge >= 0.3 is 0 Å². The Bertz CT molecular complexity index is 1350. The molecule has 2 aromatic carbocycles. The fourth-order valence-corrected chi connectivity index (χ4v) is 4.81. The number of aryl methyl sites for hydroxylation is 2. The highest BCUT2D eigenvalue weighted by molar-refractivity contribution is 5.69. The van der Waals surface area contributed by atoms with E-state index in [1.165, 1.54) is 16.8 Å². The average molecular weight is 414 g/mol. The van der Waals surface area contributed by atoms with Crippen molar-refractivity contribution in [3.63, 3.8) is 0 Å². The quantitative estimate of drug-likeness (QED) is 0.352. The molecule has 0 N–H and O–H groups in total. The molecule has 2 aromatic heterocycles. The molecule has 0 aliphatic carbocycles. The summed E-state index contributed by atoms with van der Waals surface area (Å²) >= 11 is 0. The van der Waals surface area contributed by atoms with Crippen molar-refractivity contribution in [1.29, 1.82) is 0 Å². The molecule has 0 bridgehead atoms. The molecule has 0 radical (unpaired) electrons. The SMILES string of the molecule is [2H]C(C)(C)c1cccc(C([2H])(C)C)c1-n1cc[n+](C)c1-c1cc2c(cc1C)Cc1nccn1-2. The predicted octanol–water partition coefficient (Wildman–Crippen LogP) is 5.61. The Morgan fingerprint density at radius 2 is 1.74 bits per heavy atom. The normalized spacial score (nSPS) is 14.3. The number of fused-ring (bicyclic) bond motifs is 3. The third-order valence-corrected chi connectivity index (χ3v) is 6.35. The van der Waals surface area contributed by atoms with Gasteiger partial charge < -0.3 is 4.57 Å². The number of rotatable bonds is 4. The summed E-state index contributed by atoms with van der Waals surface area (Å²) in [5, 5.41) is 0. The summed E-state index contributed by atoms with van der Waals surface area (Å²) in [5.41, 5.74) is 7.54. The van der Waals surface area contributed by atoms with E-state index < -0.39 is 11.8 Å². The van der Waals surface area contributed by atoms with Gasteiger partial charge in [0.1, 0.15) is 23.9 Å². The second-order valence-electron chi connectivity index (χ2n) is 8.99. The molecule has 1 aliphatic rings. The van der Waals surface area contributed by atoms with Gasteiger partial charge in [0, 0.05) is 32.7 Å². The number of imidazole rings is 2. The van der Waals surface area contributed by atoms with Crippen LogP contribution in [0.15, 0.2) is 55.1 Å². The van der Waals surface area contributed by atoms with Crippen LogP contribution in [0.3, 0.4) is 0 Å². The molecular weight excluding hydrogens is 380 g/mol. The van der Waals surface area contributed by atoms with Crippen molar-refractivity contribution in [2.45, 2.75) is 52.8 Å². The highest BCUT2D eigenvalue weighted by Crippen LogP contribution is 2.36. The molecule has 4 heteroatoms. The molecule has 5 rings (SSSR count). The van der Waals surface area contributed by atoms with Gasteiger partial charge in [0.05, 0.1) is 18.3 Å². The largest absolute Gasteiger partial charge is 0.303 e. The number of nitrogens with zero attached hydrogens (tertiary/aromatic N) is 4. The summed E-state index contributed by atoms with van der Waals surface area (Å²) in [6.07, 6.45) is 8.85. The second-order valence-corrected chi connectivity index (χ2v) is 8.99. The fraction of sp³-hybridized carbons (Fsp3) is 0.333. The van der Waals surface area contributed by atoms with E-state index in [2.05, 4.69) is 57.2 Å². The number of benzene rings is 2. The summed E-state index contributed by atoms with van der Waals surface area (Å²) in [4.78, 5) is 4.50. The molecule has 0 saturated carbocycles. The highest BCUT2D eigenvalue weighted by atomic mass is 15.1. The van der Waals surface area contributed by atoms with E-state index in [9.17, 15) is 0 Å². The van der Waals surface area contributed by atoms with Crippen LogP contribution in [0.5, 0.6) is 0 Å². The molecular formula is C27H31N4+. The fourth-order valence-electron chi connectivity index (χ4n) is 4.81. The van der Waals surface area contributed by atoms with Gasteiger partial charge in [-0.15, -0.1) is 0 Å². The van der Waals surface area contributed by atoms with Gasteiger partial charge in [-0.2, -0.15) is 4.57 Å². The van der Waals surface area contributed by atoms with Crippen LogP contribution < -0.4 is 4.57 Å². The second kappa shape index (κ2) is 7.23. The zero-order valence-corrected chi connectivity index (χ0v) is 19.2. The Morgan fingerprint density at radius 1 is 1.03 bits per heavy atom. The molecule has 1 aliphatic heterocycles. The van der Waals surface area contributed by atoms with Crippen molar-refractivity contribution in [1.82, 2.24) is 14.1 Å². The number of hydrogen-bond acceptors (Lipinski definition) is 1. The third kappa shape index (κ3) is 3.04. The van der Waals surface area contributed by atoms with Crippen molar-refractivity contribution in [2.24, 2.45) is 7.05 Å². The number of para-hydroxylation sites is 1. The van der Waals surface area contributed by atoms with Crippen molar-refractivity contribution in [3.05, 3.63) is 83.2 Å². The molecule has 0 saturated heterocycles. The Kier molecular flexibility index (Phi) is 4.09. The smallest absolute Gasteiger partial charge is 0.294 e. The lowest BCUT2D eigenvalue weighted by Gasteiger charge is -2.18. The maximum atomic E-state index is 8.86. The molecule has 4 aromatic rings. The van der Waals surface area contributed by atoms with Crippen molar-refractivity contribution < 1.29 is 7.31 Å². The first kappa shape index (κ1) is 17.5. The van der Waals surface area contributed by atoms with E-state index in [4.69, 9.17) is 2.74 Å². The van der Waals surface area contributed by atoms with Crippen LogP contribution in [0.4, 0.5) is 0 Å². The summed E-state index contributed by atoms with van der Waals surface area (Å²) < 4.78 is 24.2. The lowest BCUT2D eigenvalue weighted by molar-refractivity contribution is -0.659. The molecule has 0 unspecified atom stereocenters. The minimum Gasteiger partial charge on any atom is -0.303 e. The molecule has 158 valence electrons. The van der Waals surface area contributed by atoms with Crippen molar-refractivity contribution >= 4 is 0 Å². The Morgan fingerprint density at radius 3 is 2.42 bits per heavy atom. The van der Waals surface area contributed by atoms with Crippen LogP contribution in [-0.2, 0) is 13.5 Å². The van der Waals surface area contributed by atoms with Crippen LogP contribution in [0.1, 0.15) is 70.3 Å². The maximum absolute atomic E-state index is 8.86. The predicted molar refractivity (Wildman–Crippen MR) is 125 cm³/mol. The zero-order valence-electron chi connectivity index (χ0n) is 21.2. The minimum absolute atomic E-state index is 0.810. The van der Waals surface area contributed by atoms with E-state index in [-0.39, 0.29) is 0 Å². The zero-order chi connectivity index (χ0) is 23.7. The van der Waals surface area contributed by atoms with Gasteiger partial charge in [-0.1, -0.05) is 52.0 Å². The lowest BCUT2D eigenvalue weighted by atomic mass is 9.92. The molecule has 31 heavy (non-hydrogen) atoms. The van der Waals surface area contributed by atoms with E-state index in [1.54, 1.807) is 0 Å². The topological polar surface area (TPSA) is 26.6 Å². The Balaban J connectivity index is 1.81. The summed E-state index contributed by atoms with van der Waals surface area (Å²) in [6.45, 7) is 9.81. The lowest BCUT2D eigenvalue weighted by Crippen LogP contribution is -2.29. The van der Waals surface area contributed by atoms with Crippen LogP contribution in [0.25, 0.3) is 22.8 Å². The van der Waals surface area contributed by atoms with E-state index in [0.29, 0.717) is 0 Å². The Labute approximate surface area is 187 Å². The summed E-state index contributed by atoms with van der Waals surface area (Å²) in [6, 6.07) is 10.6. The summed E-state index contributed by atoms with van der Waals surface area (Å²) in [5.74, 6) is 0.483. The van der Waals surface area contributed by atoms with Gasteiger partial charge in [0.15, 0.2) is 0 Å². The van der Waals surface area contributed by atoms with E-state index in [1.807, 2.05) is 58.3 Å². The van der Waals surface area contributed by atoms with Crippen molar-refractivity contribution in [2.75, 3.05) is 0 Å². The van der Waals surface area contributed by atoms with Gasteiger partial charge in [-0.05, 0) is 35.9 Å². The first-order valence-electron chi connectivity index (χ1n) is 11.8. The highest BCUT2D eigenvalue weighted by Gasteiger charge is 2.29. The first-order valence-corrected chi connectivity index (χ1v) is 10.8. The molecule has 0 fully saturated rings. The summed E-state index contributed by atoms with van der Waals surface area (Å²) in [7, 11) is 2.06. The third-order valence-electron chi connectivity index (χ3n) is 6.35. The monoisotopic (exact) mass is 413 g/mol.